The van der Waals surface area contributed by atoms with Crippen LogP contribution in [0.4, 0.5) is 0 Å². The van der Waals surface area contributed by atoms with Gasteiger partial charge in [0.2, 0.25) is 0 Å². The maximum Gasteiger partial charge on any atom is 0.0763 e. The molecule has 124 valence electrons. The molecule has 4 atom stereocenters. The van der Waals surface area contributed by atoms with Crippen molar-refractivity contribution >= 4 is 0 Å². The number of aliphatic hydroxyl groups excluding tert-OH is 2. The molecule has 0 heterocycles. The molecule has 2 nitrogen and oxygen atoms in total. The Morgan fingerprint density at radius 1 is 1.41 bits per heavy atom. The minimum absolute atomic E-state index is 0.0625. The van der Waals surface area contributed by atoms with Gasteiger partial charge in [-0.3, -0.25) is 0 Å². The van der Waals surface area contributed by atoms with Crippen molar-refractivity contribution < 1.29 is 10.2 Å². The van der Waals surface area contributed by atoms with Gasteiger partial charge >= 0.3 is 0 Å². The number of rotatable bonds is 4. The first-order valence-electron chi connectivity index (χ1n) is 8.55. The standard InChI is InChI=1S/C20H32O2/c1-6-14(2)8-9-16-15(3)12-17(22)18-19(4,5)10-7-11-20(16,18)13-21/h6,8,12,16-18,21-22H,1,7,9-11,13H2,2-5H3/t16-,17?,18-,20-/m0/s1. The number of fused-ring (bicyclic) bond motifs is 1. The SMILES string of the molecule is C=CC(C)=CC[C@H]1C(C)=CC(O)[C@H]2C(C)(C)CCC[C@]12CO. The second-order valence-corrected chi connectivity index (χ2v) is 8.05. The summed E-state index contributed by atoms with van der Waals surface area (Å²) < 4.78 is 0. The number of allylic oxidation sites excluding steroid dienone is 4. The lowest BCUT2D eigenvalue weighted by atomic mass is 9.47. The Hall–Kier alpha value is -0.860. The van der Waals surface area contributed by atoms with Gasteiger partial charge in [-0.2, -0.15) is 0 Å². The van der Waals surface area contributed by atoms with Crippen molar-refractivity contribution in [3.8, 4) is 0 Å². The van der Waals surface area contributed by atoms with Gasteiger partial charge in [0.25, 0.3) is 0 Å². The predicted molar refractivity (Wildman–Crippen MR) is 92.5 cm³/mol. The Balaban J connectivity index is 2.46. The minimum atomic E-state index is -0.441. The van der Waals surface area contributed by atoms with Crippen LogP contribution in [-0.2, 0) is 0 Å². The minimum Gasteiger partial charge on any atom is -0.396 e. The average molecular weight is 304 g/mol. The van der Waals surface area contributed by atoms with Crippen LogP contribution in [0.1, 0.15) is 53.4 Å². The molecule has 2 N–H and O–H groups in total. The number of aliphatic hydroxyl groups is 2. The lowest BCUT2D eigenvalue weighted by Gasteiger charge is -2.59. The first-order chi connectivity index (χ1) is 10.3. The highest BCUT2D eigenvalue weighted by Gasteiger charge is 2.57. The Kier molecular flexibility index (Phi) is 5.03. The molecule has 2 aliphatic carbocycles. The van der Waals surface area contributed by atoms with Crippen molar-refractivity contribution in [1.82, 2.24) is 0 Å². The van der Waals surface area contributed by atoms with Gasteiger partial charge in [0.05, 0.1) is 6.10 Å². The number of hydrogen-bond acceptors (Lipinski definition) is 2. The van der Waals surface area contributed by atoms with Crippen LogP contribution < -0.4 is 0 Å². The van der Waals surface area contributed by atoms with Crippen molar-refractivity contribution in [3.63, 3.8) is 0 Å². The molecule has 0 bridgehead atoms. The zero-order chi connectivity index (χ0) is 16.5. The third-order valence-electron chi connectivity index (χ3n) is 6.24. The van der Waals surface area contributed by atoms with Gasteiger partial charge in [-0.25, -0.2) is 0 Å². The third-order valence-corrected chi connectivity index (χ3v) is 6.24. The summed E-state index contributed by atoms with van der Waals surface area (Å²) in [5.41, 5.74) is 2.27. The van der Waals surface area contributed by atoms with E-state index >= 15 is 0 Å². The summed E-state index contributed by atoms with van der Waals surface area (Å²) in [5, 5.41) is 21.1. The maximum atomic E-state index is 10.7. The molecule has 0 saturated heterocycles. The first-order valence-corrected chi connectivity index (χ1v) is 8.55. The summed E-state index contributed by atoms with van der Waals surface area (Å²) >= 11 is 0. The third kappa shape index (κ3) is 2.83. The van der Waals surface area contributed by atoms with Crippen molar-refractivity contribution in [2.24, 2.45) is 22.7 Å². The van der Waals surface area contributed by atoms with Crippen molar-refractivity contribution in [3.05, 3.63) is 36.0 Å². The van der Waals surface area contributed by atoms with Crippen LogP contribution in [0.25, 0.3) is 0 Å². The molecule has 1 fully saturated rings. The van der Waals surface area contributed by atoms with Crippen LogP contribution in [-0.4, -0.2) is 22.9 Å². The molecule has 22 heavy (non-hydrogen) atoms. The largest absolute Gasteiger partial charge is 0.396 e. The van der Waals surface area contributed by atoms with E-state index in [1.54, 1.807) is 0 Å². The fourth-order valence-corrected chi connectivity index (χ4v) is 5.19. The lowest BCUT2D eigenvalue weighted by Crippen LogP contribution is -2.57. The van der Waals surface area contributed by atoms with Crippen LogP contribution in [0.2, 0.25) is 0 Å². The van der Waals surface area contributed by atoms with E-state index in [1.165, 1.54) is 11.1 Å². The Morgan fingerprint density at radius 3 is 2.68 bits per heavy atom. The zero-order valence-corrected chi connectivity index (χ0v) is 14.6. The van der Waals surface area contributed by atoms with E-state index < -0.39 is 6.10 Å². The monoisotopic (exact) mass is 304 g/mol. The molecular weight excluding hydrogens is 272 g/mol. The Labute approximate surface area is 135 Å². The normalized spacial score (nSPS) is 38.2. The van der Waals surface area contributed by atoms with Gasteiger partial charge in [0.1, 0.15) is 0 Å². The highest BCUT2D eigenvalue weighted by molar-refractivity contribution is 5.25. The van der Waals surface area contributed by atoms with Crippen LogP contribution >= 0.6 is 0 Å². The summed E-state index contributed by atoms with van der Waals surface area (Å²) in [6.07, 6.45) is 9.87. The highest BCUT2D eigenvalue weighted by atomic mass is 16.3. The van der Waals surface area contributed by atoms with Crippen molar-refractivity contribution in [1.29, 1.82) is 0 Å². The second kappa shape index (κ2) is 6.33. The molecule has 2 rings (SSSR count). The molecule has 0 aromatic heterocycles. The topological polar surface area (TPSA) is 40.5 Å². The summed E-state index contributed by atoms with van der Waals surface area (Å²) in [7, 11) is 0. The Morgan fingerprint density at radius 2 is 2.09 bits per heavy atom. The van der Waals surface area contributed by atoms with E-state index in [2.05, 4.69) is 40.3 Å². The van der Waals surface area contributed by atoms with Gasteiger partial charge in [0, 0.05) is 17.9 Å². The van der Waals surface area contributed by atoms with Gasteiger partial charge in [0.15, 0.2) is 0 Å². The molecule has 0 amide bonds. The first kappa shape index (κ1) is 17.5. The molecule has 0 spiro atoms. The molecule has 2 heteroatoms. The van der Waals surface area contributed by atoms with Gasteiger partial charge in [-0.1, -0.05) is 56.2 Å². The van der Waals surface area contributed by atoms with Crippen LogP contribution in [0.5, 0.6) is 0 Å². The average Bonchev–Trinajstić information content (AvgIpc) is 2.44. The van der Waals surface area contributed by atoms with E-state index in [4.69, 9.17) is 0 Å². The predicted octanol–water partition coefficient (Wildman–Crippen LogP) is 4.25. The van der Waals surface area contributed by atoms with Crippen LogP contribution in [0.3, 0.4) is 0 Å². The van der Waals surface area contributed by atoms with Crippen molar-refractivity contribution in [2.45, 2.75) is 59.5 Å². The highest BCUT2D eigenvalue weighted by Crippen LogP contribution is 2.60. The van der Waals surface area contributed by atoms with Crippen LogP contribution in [0.15, 0.2) is 36.0 Å². The van der Waals surface area contributed by atoms with E-state index in [9.17, 15) is 10.2 Å². The smallest absolute Gasteiger partial charge is 0.0763 e. The summed E-state index contributed by atoms with van der Waals surface area (Å²) in [6, 6.07) is 0. The van der Waals surface area contributed by atoms with Gasteiger partial charge in [-0.15, -0.1) is 0 Å². The molecule has 0 aromatic rings. The van der Waals surface area contributed by atoms with E-state index in [-0.39, 0.29) is 23.4 Å². The zero-order valence-electron chi connectivity index (χ0n) is 14.6. The second-order valence-electron chi connectivity index (χ2n) is 8.05. The molecular formula is C20H32O2. The van der Waals surface area contributed by atoms with Crippen LogP contribution in [0, 0.1) is 22.7 Å². The quantitative estimate of drug-likeness (QED) is 0.602. The molecule has 2 aliphatic rings. The molecule has 1 unspecified atom stereocenters. The molecule has 0 aromatic carbocycles. The van der Waals surface area contributed by atoms with E-state index in [0.717, 1.165) is 25.7 Å². The summed E-state index contributed by atoms with van der Waals surface area (Å²) in [4.78, 5) is 0. The molecule has 0 aliphatic heterocycles. The molecule has 0 radical (unpaired) electrons. The summed E-state index contributed by atoms with van der Waals surface area (Å²) in [5.74, 6) is 0.435. The van der Waals surface area contributed by atoms with Gasteiger partial charge < -0.3 is 10.2 Å². The fourth-order valence-electron chi connectivity index (χ4n) is 5.19. The van der Waals surface area contributed by atoms with E-state index in [1.807, 2.05) is 12.2 Å². The fraction of sp³-hybridized carbons (Fsp3) is 0.700. The van der Waals surface area contributed by atoms with Gasteiger partial charge in [-0.05, 0) is 44.4 Å². The van der Waals surface area contributed by atoms with E-state index in [0.29, 0.717) is 5.92 Å². The van der Waals surface area contributed by atoms with Crippen molar-refractivity contribution in [2.75, 3.05) is 6.61 Å². The summed E-state index contributed by atoms with van der Waals surface area (Å²) in [6.45, 7) is 12.7. The Bertz CT molecular complexity index is 486. The lowest BCUT2D eigenvalue weighted by molar-refractivity contribution is -0.128. The number of hydrogen-bond donors (Lipinski definition) is 2. The maximum absolute atomic E-state index is 10.7. The molecule has 1 saturated carbocycles.